The Labute approximate surface area is 188 Å². The lowest BCUT2D eigenvalue weighted by Gasteiger charge is -2.23. The van der Waals surface area contributed by atoms with Gasteiger partial charge in [0.2, 0.25) is 0 Å². The van der Waals surface area contributed by atoms with Gasteiger partial charge in [-0.3, -0.25) is 10.2 Å². The molecule has 32 heavy (non-hydrogen) atoms. The van der Waals surface area contributed by atoms with E-state index in [2.05, 4.69) is 4.99 Å². The van der Waals surface area contributed by atoms with Crippen molar-refractivity contribution in [3.63, 3.8) is 0 Å². The SMILES string of the molecule is CCOc1cc(/C=C2/C(=N)N3OC(C)=CC3=NC2=O)ccc1OC(=O)c1ccc(Cl)cc1. The summed E-state index contributed by atoms with van der Waals surface area (Å²) in [6.45, 7) is 3.84. The molecule has 0 radical (unpaired) electrons. The highest BCUT2D eigenvalue weighted by Crippen LogP contribution is 2.31. The normalized spacial score (nSPS) is 16.3. The quantitative estimate of drug-likeness (QED) is 0.410. The molecule has 0 spiro atoms. The third kappa shape index (κ3) is 4.26. The second kappa shape index (κ2) is 8.68. The molecule has 0 bridgehead atoms. The van der Waals surface area contributed by atoms with Gasteiger partial charge in [0, 0.05) is 11.1 Å². The van der Waals surface area contributed by atoms with E-state index < -0.39 is 11.9 Å². The van der Waals surface area contributed by atoms with Gasteiger partial charge in [-0.2, -0.15) is 4.99 Å². The topological polar surface area (TPSA) is 101 Å². The van der Waals surface area contributed by atoms with Crippen LogP contribution in [0.15, 0.2) is 64.9 Å². The average molecular weight is 452 g/mol. The third-order valence-electron chi connectivity index (χ3n) is 4.54. The van der Waals surface area contributed by atoms with Crippen LogP contribution in [0.1, 0.15) is 29.8 Å². The van der Waals surface area contributed by atoms with Gasteiger partial charge in [-0.25, -0.2) is 4.79 Å². The molecule has 0 aliphatic carbocycles. The molecular weight excluding hydrogens is 434 g/mol. The van der Waals surface area contributed by atoms with E-state index in [-0.39, 0.29) is 23.0 Å². The number of halogens is 1. The number of fused-ring (bicyclic) bond motifs is 1. The standard InChI is InChI=1S/C23H18ClN3O5/c1-3-30-19-12-14(4-9-18(19)31-23(29)15-5-7-16(24)8-6-15)11-17-21(25)27-20(26-22(17)28)10-13(2)32-27/h4-12,25H,3H2,1-2H3/b17-11-,25-21?. The molecule has 0 saturated carbocycles. The van der Waals surface area contributed by atoms with Crippen molar-refractivity contribution >= 4 is 41.2 Å². The molecule has 4 rings (SSSR count). The molecule has 162 valence electrons. The third-order valence-corrected chi connectivity index (χ3v) is 4.79. The molecule has 8 nitrogen and oxygen atoms in total. The molecule has 2 aromatic rings. The summed E-state index contributed by atoms with van der Waals surface area (Å²) < 4.78 is 11.1. The number of nitrogens with zero attached hydrogens (tertiary/aromatic N) is 2. The van der Waals surface area contributed by atoms with Crippen LogP contribution in [-0.2, 0) is 9.63 Å². The van der Waals surface area contributed by atoms with Crippen molar-refractivity contribution in [2.45, 2.75) is 13.8 Å². The van der Waals surface area contributed by atoms with Gasteiger partial charge in [0.25, 0.3) is 5.91 Å². The molecule has 2 aliphatic heterocycles. The van der Waals surface area contributed by atoms with E-state index in [0.717, 1.165) is 0 Å². The minimum Gasteiger partial charge on any atom is -0.490 e. The number of benzene rings is 2. The zero-order chi connectivity index (χ0) is 22.8. The fourth-order valence-corrected chi connectivity index (χ4v) is 3.20. The molecule has 1 amide bonds. The van der Waals surface area contributed by atoms with E-state index in [1.54, 1.807) is 62.4 Å². The van der Waals surface area contributed by atoms with Crippen LogP contribution >= 0.6 is 11.6 Å². The summed E-state index contributed by atoms with van der Waals surface area (Å²) in [5.74, 6) is 0.118. The van der Waals surface area contributed by atoms with E-state index in [0.29, 0.717) is 34.3 Å². The number of rotatable bonds is 5. The Hall–Kier alpha value is -3.91. The summed E-state index contributed by atoms with van der Waals surface area (Å²) in [6.07, 6.45) is 3.09. The Morgan fingerprint density at radius 3 is 2.69 bits per heavy atom. The summed E-state index contributed by atoms with van der Waals surface area (Å²) in [5.41, 5.74) is 0.966. The number of amidine groups is 2. The molecule has 2 aliphatic rings. The summed E-state index contributed by atoms with van der Waals surface area (Å²) >= 11 is 5.86. The first kappa shape index (κ1) is 21.3. The first-order chi connectivity index (χ1) is 15.4. The van der Waals surface area contributed by atoms with Gasteiger partial charge >= 0.3 is 5.97 Å². The molecule has 1 N–H and O–H groups in total. The summed E-state index contributed by atoms with van der Waals surface area (Å²) in [5, 5.41) is 10.0. The second-order valence-electron chi connectivity index (χ2n) is 6.86. The van der Waals surface area contributed by atoms with Crippen LogP contribution in [0.2, 0.25) is 5.02 Å². The van der Waals surface area contributed by atoms with Gasteiger partial charge < -0.3 is 14.3 Å². The van der Waals surface area contributed by atoms with Crippen molar-refractivity contribution in [2.24, 2.45) is 4.99 Å². The van der Waals surface area contributed by atoms with E-state index in [4.69, 9.17) is 31.3 Å². The number of hydrogen-bond acceptors (Lipinski definition) is 6. The van der Waals surface area contributed by atoms with Gasteiger partial charge in [0.1, 0.15) is 5.76 Å². The van der Waals surface area contributed by atoms with E-state index in [9.17, 15) is 9.59 Å². The number of ether oxygens (including phenoxy) is 2. The Bertz CT molecular complexity index is 1210. The highest BCUT2D eigenvalue weighted by molar-refractivity contribution is 6.32. The van der Waals surface area contributed by atoms with Gasteiger partial charge in [0.15, 0.2) is 23.2 Å². The molecule has 9 heteroatoms. The van der Waals surface area contributed by atoms with E-state index >= 15 is 0 Å². The van der Waals surface area contributed by atoms with E-state index in [1.165, 1.54) is 11.1 Å². The largest absolute Gasteiger partial charge is 0.490 e. The fraction of sp³-hybridized carbons (Fsp3) is 0.130. The Morgan fingerprint density at radius 1 is 1.22 bits per heavy atom. The lowest BCUT2D eigenvalue weighted by atomic mass is 10.1. The van der Waals surface area contributed by atoms with Gasteiger partial charge in [-0.05, 0) is 61.9 Å². The van der Waals surface area contributed by atoms with Crippen molar-refractivity contribution < 1.29 is 23.9 Å². The molecule has 0 aromatic heterocycles. The fourth-order valence-electron chi connectivity index (χ4n) is 3.08. The maximum absolute atomic E-state index is 12.5. The second-order valence-corrected chi connectivity index (χ2v) is 7.29. The zero-order valence-corrected chi connectivity index (χ0v) is 18.0. The van der Waals surface area contributed by atoms with Crippen LogP contribution in [0.3, 0.4) is 0 Å². The molecular formula is C23H18ClN3O5. The van der Waals surface area contributed by atoms with E-state index in [1.807, 2.05) is 0 Å². The van der Waals surface area contributed by atoms with Crippen molar-refractivity contribution in [1.29, 1.82) is 5.41 Å². The average Bonchev–Trinajstić information content (AvgIpc) is 3.13. The Balaban J connectivity index is 1.60. The number of aliphatic imine (C=N–C) groups is 1. The number of amides is 1. The molecule has 2 heterocycles. The summed E-state index contributed by atoms with van der Waals surface area (Å²) in [6, 6.07) is 11.2. The predicted molar refractivity (Wildman–Crippen MR) is 119 cm³/mol. The van der Waals surface area contributed by atoms with Crippen LogP contribution in [0.4, 0.5) is 0 Å². The van der Waals surface area contributed by atoms with Crippen molar-refractivity contribution in [1.82, 2.24) is 5.06 Å². The molecule has 0 fully saturated rings. The summed E-state index contributed by atoms with van der Waals surface area (Å²) in [4.78, 5) is 34.3. The van der Waals surface area contributed by atoms with Gasteiger partial charge in [-0.15, -0.1) is 5.06 Å². The first-order valence-corrected chi connectivity index (χ1v) is 10.1. The number of nitrogens with one attached hydrogen (secondary N) is 1. The molecule has 0 unspecified atom stereocenters. The molecule has 2 aromatic carbocycles. The maximum Gasteiger partial charge on any atom is 0.343 e. The van der Waals surface area contributed by atoms with Crippen molar-refractivity contribution in [3.05, 3.63) is 76.0 Å². The van der Waals surface area contributed by atoms with Crippen LogP contribution in [0, 0.1) is 5.41 Å². The molecule has 0 atom stereocenters. The Morgan fingerprint density at radius 2 is 1.97 bits per heavy atom. The van der Waals surface area contributed by atoms with Gasteiger partial charge in [-0.1, -0.05) is 17.7 Å². The highest BCUT2D eigenvalue weighted by Gasteiger charge is 2.34. The van der Waals surface area contributed by atoms with Crippen molar-refractivity contribution in [2.75, 3.05) is 6.61 Å². The minimum atomic E-state index is -0.561. The lowest BCUT2D eigenvalue weighted by Crippen LogP contribution is -2.38. The monoisotopic (exact) mass is 451 g/mol. The van der Waals surface area contributed by atoms with Gasteiger partial charge in [0.05, 0.1) is 17.7 Å². The number of hydrogen-bond donors (Lipinski definition) is 1. The number of hydroxylamine groups is 2. The highest BCUT2D eigenvalue weighted by atomic mass is 35.5. The Kier molecular flexibility index (Phi) is 5.79. The maximum atomic E-state index is 12.5. The van der Waals surface area contributed by atoms with Crippen LogP contribution in [-0.4, -0.2) is 35.2 Å². The lowest BCUT2D eigenvalue weighted by molar-refractivity contribution is -0.114. The van der Waals surface area contributed by atoms with Crippen LogP contribution in [0.5, 0.6) is 11.5 Å². The predicted octanol–water partition coefficient (Wildman–Crippen LogP) is 4.41. The number of carbonyl (C=O) groups is 2. The van der Waals surface area contributed by atoms with Crippen molar-refractivity contribution in [3.8, 4) is 11.5 Å². The smallest absolute Gasteiger partial charge is 0.343 e. The van der Waals surface area contributed by atoms with Crippen LogP contribution in [0.25, 0.3) is 6.08 Å². The minimum absolute atomic E-state index is 0.0604. The number of carbonyl (C=O) groups excluding carboxylic acids is 2. The number of allylic oxidation sites excluding steroid dienone is 1. The number of esters is 1. The summed E-state index contributed by atoms with van der Waals surface area (Å²) in [7, 11) is 0. The van der Waals surface area contributed by atoms with Crippen LogP contribution < -0.4 is 9.47 Å². The zero-order valence-electron chi connectivity index (χ0n) is 17.2. The molecule has 0 saturated heterocycles. The first-order valence-electron chi connectivity index (χ1n) is 9.70.